The number of carbonyl (C=O) groups excluding carboxylic acids is 1. The van der Waals surface area contributed by atoms with Gasteiger partial charge in [-0.15, -0.1) is 0 Å². The molecule has 0 bridgehead atoms. The second-order valence-corrected chi connectivity index (χ2v) is 6.68. The van der Waals surface area contributed by atoms with Crippen LogP contribution in [-0.4, -0.2) is 24.8 Å². The topological polar surface area (TPSA) is 40.3 Å². The second kappa shape index (κ2) is 17.9. The summed E-state index contributed by atoms with van der Waals surface area (Å²) in [5.74, 6) is -0.0721. The predicted molar refractivity (Wildman–Crippen MR) is 92.1 cm³/mol. The molecule has 24 heavy (non-hydrogen) atoms. The lowest BCUT2D eigenvalue weighted by Gasteiger charge is -2.03. The van der Waals surface area contributed by atoms with E-state index in [4.69, 9.17) is 0 Å². The van der Waals surface area contributed by atoms with E-state index in [1.807, 2.05) is 0 Å². The summed E-state index contributed by atoms with van der Waals surface area (Å²) in [6, 6.07) is 0.733. The third kappa shape index (κ3) is 13.4. The van der Waals surface area contributed by atoms with Crippen molar-refractivity contribution < 1.29 is 48.5 Å². The van der Waals surface area contributed by atoms with Crippen LogP contribution in [0.25, 0.3) is 0 Å². The Morgan fingerprint density at radius 3 is 2.42 bits per heavy atom. The van der Waals surface area contributed by atoms with Crippen LogP contribution in [0.2, 0.25) is 0 Å². The Kier molecular flexibility index (Phi) is 19.6. The molecular weight excluding hydrogens is 434 g/mol. The van der Waals surface area contributed by atoms with E-state index in [1.165, 1.54) is 77.7 Å². The van der Waals surface area contributed by atoms with Crippen molar-refractivity contribution in [3.8, 4) is 0 Å². The van der Waals surface area contributed by atoms with Crippen molar-refractivity contribution >= 4 is 11.7 Å². The Morgan fingerprint density at radius 2 is 1.71 bits per heavy atom. The molecule has 5 heteroatoms. The minimum Gasteiger partial charge on any atom is -1.00 e. The van der Waals surface area contributed by atoms with E-state index in [2.05, 4.69) is 16.7 Å². The van der Waals surface area contributed by atoms with Gasteiger partial charge in [-0.3, -0.25) is 4.79 Å². The largest absolute Gasteiger partial charge is 1.00 e. The summed E-state index contributed by atoms with van der Waals surface area (Å²) >= 11 is 0. The molecule has 0 aromatic carbocycles. The first-order valence-electron chi connectivity index (χ1n) is 9.44. The molecule has 0 aromatic heterocycles. The van der Waals surface area contributed by atoms with E-state index in [-0.39, 0.29) is 39.9 Å². The third-order valence-corrected chi connectivity index (χ3v) is 4.70. The van der Waals surface area contributed by atoms with Crippen LogP contribution in [0.3, 0.4) is 0 Å². The fraction of sp³-hybridized carbons (Fsp3) is 0.895. The van der Waals surface area contributed by atoms with Gasteiger partial charge >= 0.3 is 5.97 Å². The summed E-state index contributed by atoms with van der Waals surface area (Å²) in [5, 5.41) is 0. The number of hydrogen-bond acceptors (Lipinski definition) is 2. The number of rotatable bonds is 13. The van der Waals surface area contributed by atoms with E-state index in [9.17, 15) is 4.79 Å². The smallest absolute Gasteiger partial charge is 0.305 e. The lowest BCUT2D eigenvalue weighted by Crippen LogP contribution is -3.00. The quantitative estimate of drug-likeness (QED) is 0.240. The molecular formula is C19H36Br2NO2-. The van der Waals surface area contributed by atoms with E-state index in [1.54, 1.807) is 5.71 Å². The van der Waals surface area contributed by atoms with Crippen LogP contribution < -0.4 is 39.0 Å². The molecule has 1 unspecified atom stereocenters. The molecule has 1 N–H and O–H groups in total. The normalized spacial score (nSPS) is 16.1. The highest BCUT2D eigenvalue weighted by Crippen LogP contribution is 2.13. The Balaban J connectivity index is 0. The standard InChI is InChI=1S/C19H35NO2.2BrH/c1-3-4-5-9-12-17-15-16-18(20-17)13-10-7-6-8-11-14-19(21)22-2;;/h18H,3-16H2,1-2H3;2*1H/p-1. The molecule has 0 saturated heterocycles. The zero-order valence-corrected chi connectivity index (χ0v) is 18.7. The monoisotopic (exact) mass is 468 g/mol. The number of ether oxygens (including phenoxy) is 1. The van der Waals surface area contributed by atoms with Crippen molar-refractivity contribution in [1.82, 2.24) is 0 Å². The van der Waals surface area contributed by atoms with Crippen LogP contribution in [0.15, 0.2) is 0 Å². The molecule has 0 fully saturated rings. The predicted octanol–water partition coefficient (Wildman–Crippen LogP) is -2.45. The van der Waals surface area contributed by atoms with Gasteiger partial charge in [-0.05, 0) is 19.3 Å². The number of carbonyl (C=O) groups is 1. The Bertz CT molecular complexity index is 335. The average molecular weight is 470 g/mol. The third-order valence-electron chi connectivity index (χ3n) is 4.70. The number of halogens is 2. The fourth-order valence-electron chi connectivity index (χ4n) is 3.25. The van der Waals surface area contributed by atoms with Crippen molar-refractivity contribution in [2.45, 2.75) is 103 Å². The number of hydrogen-bond donors (Lipinski definition) is 1. The van der Waals surface area contributed by atoms with Gasteiger partial charge in [0.05, 0.1) is 7.11 Å². The molecule has 0 radical (unpaired) electrons. The molecule has 0 amide bonds. The molecule has 1 atom stereocenters. The first-order chi connectivity index (χ1) is 10.8. The minimum absolute atomic E-state index is 0. The van der Waals surface area contributed by atoms with Gasteiger partial charge in [-0.2, -0.15) is 0 Å². The molecule has 1 heterocycles. The molecule has 1 rings (SSSR count). The van der Waals surface area contributed by atoms with Crippen LogP contribution in [0.5, 0.6) is 0 Å². The van der Waals surface area contributed by atoms with E-state index < -0.39 is 0 Å². The van der Waals surface area contributed by atoms with Gasteiger partial charge < -0.3 is 38.7 Å². The summed E-state index contributed by atoms with van der Waals surface area (Å²) in [7, 11) is 1.46. The molecule has 144 valence electrons. The van der Waals surface area contributed by atoms with Gasteiger partial charge in [-0.1, -0.05) is 45.4 Å². The Labute approximate surface area is 169 Å². The molecule has 1 aliphatic heterocycles. The van der Waals surface area contributed by atoms with E-state index >= 15 is 0 Å². The van der Waals surface area contributed by atoms with Gasteiger partial charge in [0.2, 0.25) is 0 Å². The second-order valence-electron chi connectivity index (χ2n) is 6.68. The van der Waals surface area contributed by atoms with Crippen LogP contribution in [0, 0.1) is 0 Å². The zero-order valence-electron chi connectivity index (χ0n) is 15.5. The summed E-state index contributed by atoms with van der Waals surface area (Å²) in [5.41, 5.74) is 1.61. The maximum absolute atomic E-state index is 11.0. The van der Waals surface area contributed by atoms with Crippen molar-refractivity contribution in [2.24, 2.45) is 0 Å². The zero-order chi connectivity index (χ0) is 16.0. The van der Waals surface area contributed by atoms with Crippen molar-refractivity contribution in [1.29, 1.82) is 0 Å². The lowest BCUT2D eigenvalue weighted by atomic mass is 10.0. The van der Waals surface area contributed by atoms with Gasteiger partial charge in [0.25, 0.3) is 0 Å². The van der Waals surface area contributed by atoms with Gasteiger partial charge in [0.1, 0.15) is 0 Å². The number of esters is 1. The van der Waals surface area contributed by atoms with Crippen molar-refractivity contribution in [3.05, 3.63) is 0 Å². The first kappa shape index (κ1) is 26.3. The summed E-state index contributed by atoms with van der Waals surface area (Å²) in [6.45, 7) is 2.27. The molecule has 1 aliphatic rings. The summed E-state index contributed by atoms with van der Waals surface area (Å²) in [6.07, 6.45) is 17.3. The summed E-state index contributed by atoms with van der Waals surface area (Å²) in [4.78, 5) is 14.7. The van der Waals surface area contributed by atoms with Crippen LogP contribution >= 0.6 is 0 Å². The summed E-state index contributed by atoms with van der Waals surface area (Å²) < 4.78 is 4.65. The molecule has 3 nitrogen and oxygen atoms in total. The molecule has 0 aromatic rings. The number of methoxy groups -OCH3 is 1. The molecule has 0 aliphatic carbocycles. The first-order valence-corrected chi connectivity index (χ1v) is 9.44. The van der Waals surface area contributed by atoms with Crippen LogP contribution in [0.1, 0.15) is 96.8 Å². The average Bonchev–Trinajstić information content (AvgIpc) is 2.98. The van der Waals surface area contributed by atoms with Crippen molar-refractivity contribution in [3.63, 3.8) is 0 Å². The molecule has 0 saturated carbocycles. The van der Waals surface area contributed by atoms with Gasteiger partial charge in [0.15, 0.2) is 11.8 Å². The SMILES string of the molecule is CCCCCCC1=[NH+]C(CCCCCCCC(=O)OC)CC1.[Br-].[Br-]. The molecule has 0 spiro atoms. The highest BCUT2D eigenvalue weighted by Gasteiger charge is 2.22. The fourth-order valence-corrected chi connectivity index (χ4v) is 3.25. The highest BCUT2D eigenvalue weighted by molar-refractivity contribution is 5.79. The van der Waals surface area contributed by atoms with Crippen LogP contribution in [0.4, 0.5) is 0 Å². The van der Waals surface area contributed by atoms with Crippen LogP contribution in [-0.2, 0) is 9.53 Å². The van der Waals surface area contributed by atoms with E-state index in [0.29, 0.717) is 6.42 Å². The Morgan fingerprint density at radius 1 is 1.04 bits per heavy atom. The maximum Gasteiger partial charge on any atom is 0.305 e. The number of unbranched alkanes of at least 4 members (excludes halogenated alkanes) is 7. The minimum atomic E-state index is -0.0721. The maximum atomic E-state index is 11.0. The highest BCUT2D eigenvalue weighted by atomic mass is 79.9. The van der Waals surface area contributed by atoms with Crippen molar-refractivity contribution in [2.75, 3.05) is 7.11 Å². The van der Waals surface area contributed by atoms with E-state index in [0.717, 1.165) is 18.9 Å². The lowest BCUT2D eigenvalue weighted by molar-refractivity contribution is -0.495. The number of nitrogens with one attached hydrogen (secondary N) is 1. The van der Waals surface area contributed by atoms with Gasteiger partial charge in [0, 0.05) is 32.1 Å². The Hall–Kier alpha value is 0.1000. The van der Waals surface area contributed by atoms with Gasteiger partial charge in [-0.25, -0.2) is 4.99 Å².